The SMILES string of the molecule is CC(C)SSC1=CC=CC(C)([N+](=O)[O-])C=C1. The summed E-state index contributed by atoms with van der Waals surface area (Å²) in [4.78, 5) is 11.6. The normalized spacial score (nSPS) is 24.4. The number of nitrogens with zero attached hydrogens (tertiary/aromatic N) is 1. The van der Waals surface area contributed by atoms with Crippen molar-refractivity contribution in [3.8, 4) is 0 Å². The van der Waals surface area contributed by atoms with Crippen LogP contribution in [0.25, 0.3) is 0 Å². The van der Waals surface area contributed by atoms with Gasteiger partial charge in [-0.15, -0.1) is 0 Å². The van der Waals surface area contributed by atoms with Crippen LogP contribution in [0, 0.1) is 10.1 Å². The van der Waals surface area contributed by atoms with Gasteiger partial charge in [-0.3, -0.25) is 10.1 Å². The Hall–Kier alpha value is -0.680. The maximum Gasteiger partial charge on any atom is 0.256 e. The molecule has 3 nitrogen and oxygen atoms in total. The average molecular weight is 257 g/mol. The molecule has 0 spiro atoms. The van der Waals surface area contributed by atoms with Crippen LogP contribution in [0.3, 0.4) is 0 Å². The topological polar surface area (TPSA) is 43.1 Å². The largest absolute Gasteiger partial charge is 0.263 e. The molecule has 0 heterocycles. The van der Waals surface area contributed by atoms with Crippen molar-refractivity contribution in [2.75, 3.05) is 0 Å². The Labute approximate surface area is 104 Å². The quantitative estimate of drug-likeness (QED) is 0.436. The molecule has 0 aromatic rings. The third-order valence-electron chi connectivity index (χ3n) is 2.01. The van der Waals surface area contributed by atoms with E-state index < -0.39 is 5.54 Å². The summed E-state index contributed by atoms with van der Waals surface area (Å²) in [5.74, 6) is 0. The third kappa shape index (κ3) is 3.72. The molecule has 1 unspecified atom stereocenters. The maximum atomic E-state index is 10.9. The van der Waals surface area contributed by atoms with Crippen molar-refractivity contribution in [3.05, 3.63) is 45.4 Å². The van der Waals surface area contributed by atoms with Crippen molar-refractivity contribution >= 4 is 21.6 Å². The molecule has 0 fully saturated rings. The molecule has 1 atom stereocenters. The van der Waals surface area contributed by atoms with Crippen LogP contribution in [0.1, 0.15) is 20.8 Å². The van der Waals surface area contributed by atoms with Crippen molar-refractivity contribution in [2.45, 2.75) is 31.6 Å². The van der Waals surface area contributed by atoms with E-state index in [1.165, 1.54) is 0 Å². The molecule has 88 valence electrons. The summed E-state index contributed by atoms with van der Waals surface area (Å²) in [5, 5.41) is 11.4. The van der Waals surface area contributed by atoms with Gasteiger partial charge in [-0.05, 0) is 24.3 Å². The molecule has 0 bridgehead atoms. The molecule has 0 aromatic heterocycles. The van der Waals surface area contributed by atoms with Gasteiger partial charge in [0.2, 0.25) is 0 Å². The van der Waals surface area contributed by atoms with E-state index in [1.807, 2.05) is 12.2 Å². The van der Waals surface area contributed by atoms with E-state index in [4.69, 9.17) is 0 Å². The highest BCUT2D eigenvalue weighted by Gasteiger charge is 2.30. The van der Waals surface area contributed by atoms with Crippen molar-refractivity contribution in [2.24, 2.45) is 0 Å². The number of allylic oxidation sites excluding steroid dienone is 3. The molecule has 16 heavy (non-hydrogen) atoms. The van der Waals surface area contributed by atoms with E-state index >= 15 is 0 Å². The van der Waals surface area contributed by atoms with Gasteiger partial charge in [-0.25, -0.2) is 0 Å². The minimum atomic E-state index is -1.08. The summed E-state index contributed by atoms with van der Waals surface area (Å²) in [6.07, 6.45) is 8.73. The van der Waals surface area contributed by atoms with Gasteiger partial charge in [-0.1, -0.05) is 41.5 Å². The zero-order chi connectivity index (χ0) is 12.2. The van der Waals surface area contributed by atoms with E-state index in [0.717, 1.165) is 4.91 Å². The van der Waals surface area contributed by atoms with E-state index in [2.05, 4.69) is 13.8 Å². The smallest absolute Gasteiger partial charge is 0.256 e. The van der Waals surface area contributed by atoms with Crippen molar-refractivity contribution in [1.29, 1.82) is 0 Å². The van der Waals surface area contributed by atoms with E-state index in [0.29, 0.717) is 5.25 Å². The summed E-state index contributed by atoms with van der Waals surface area (Å²) in [6.45, 7) is 5.84. The minimum Gasteiger partial charge on any atom is -0.263 e. The lowest BCUT2D eigenvalue weighted by Crippen LogP contribution is -2.29. The minimum absolute atomic E-state index is 0.281. The zero-order valence-corrected chi connectivity index (χ0v) is 11.2. The van der Waals surface area contributed by atoms with Crippen LogP contribution < -0.4 is 0 Å². The fraction of sp³-hybridized carbons (Fsp3) is 0.455. The summed E-state index contributed by atoms with van der Waals surface area (Å²) >= 11 is 0. The molecule has 5 heteroatoms. The predicted octanol–water partition coefficient (Wildman–Crippen LogP) is 3.82. The lowest BCUT2D eigenvalue weighted by Gasteiger charge is -2.10. The zero-order valence-electron chi connectivity index (χ0n) is 9.54. The second-order valence-electron chi connectivity index (χ2n) is 3.97. The highest BCUT2D eigenvalue weighted by atomic mass is 33.1. The Balaban J connectivity index is 2.71. The molecule has 0 N–H and O–H groups in total. The molecule has 1 rings (SSSR count). The first-order valence-corrected chi connectivity index (χ1v) is 7.22. The molecule has 0 amide bonds. The fourth-order valence-corrected chi connectivity index (χ4v) is 2.83. The highest BCUT2D eigenvalue weighted by Crippen LogP contribution is 2.35. The Morgan fingerprint density at radius 1 is 1.44 bits per heavy atom. The summed E-state index contributed by atoms with van der Waals surface area (Å²) in [7, 11) is 3.40. The van der Waals surface area contributed by atoms with Crippen LogP contribution in [-0.2, 0) is 0 Å². The molecule has 0 aliphatic heterocycles. The second-order valence-corrected chi connectivity index (χ2v) is 6.82. The molecular formula is C11H15NO2S2. The second kappa shape index (κ2) is 5.59. The Morgan fingerprint density at radius 2 is 2.12 bits per heavy atom. The monoisotopic (exact) mass is 257 g/mol. The maximum absolute atomic E-state index is 10.9. The predicted molar refractivity (Wildman–Crippen MR) is 72.1 cm³/mol. The van der Waals surface area contributed by atoms with Crippen LogP contribution in [0.4, 0.5) is 0 Å². The molecule has 0 saturated carbocycles. The van der Waals surface area contributed by atoms with Gasteiger partial charge < -0.3 is 0 Å². The Morgan fingerprint density at radius 3 is 2.69 bits per heavy atom. The first kappa shape index (κ1) is 13.4. The van der Waals surface area contributed by atoms with Gasteiger partial charge in [0.1, 0.15) is 0 Å². The fourth-order valence-electron chi connectivity index (χ4n) is 1.03. The number of rotatable bonds is 4. The average Bonchev–Trinajstić information content (AvgIpc) is 2.38. The molecule has 0 aromatic carbocycles. The van der Waals surface area contributed by atoms with Gasteiger partial charge in [0.15, 0.2) is 0 Å². The Kier molecular flexibility index (Phi) is 4.68. The van der Waals surface area contributed by atoms with Crippen LogP contribution in [-0.4, -0.2) is 15.7 Å². The number of hydrogen-bond donors (Lipinski definition) is 0. The lowest BCUT2D eigenvalue weighted by atomic mass is 10.0. The van der Waals surface area contributed by atoms with Gasteiger partial charge in [0, 0.05) is 22.0 Å². The number of hydrogen-bond acceptors (Lipinski definition) is 4. The standard InChI is InChI=1S/C11H15NO2S2/c1-9(2)15-16-10-5-4-7-11(3,8-6-10)12(13)14/h4-9H,1-3H3. The lowest BCUT2D eigenvalue weighted by molar-refractivity contribution is -0.535. The summed E-state index contributed by atoms with van der Waals surface area (Å²) < 4.78 is 0. The molecule has 1 aliphatic rings. The van der Waals surface area contributed by atoms with Crippen LogP contribution in [0.2, 0.25) is 0 Å². The van der Waals surface area contributed by atoms with Crippen LogP contribution in [0.15, 0.2) is 35.3 Å². The van der Waals surface area contributed by atoms with Crippen molar-refractivity contribution in [1.82, 2.24) is 0 Å². The highest BCUT2D eigenvalue weighted by molar-refractivity contribution is 8.78. The Bertz CT molecular complexity index is 361. The van der Waals surface area contributed by atoms with Gasteiger partial charge in [0.25, 0.3) is 5.54 Å². The first-order valence-electron chi connectivity index (χ1n) is 5.00. The molecule has 1 aliphatic carbocycles. The summed E-state index contributed by atoms with van der Waals surface area (Å²) in [5.41, 5.74) is -1.08. The molecule has 0 radical (unpaired) electrons. The molecule has 0 saturated heterocycles. The molecular weight excluding hydrogens is 242 g/mol. The third-order valence-corrected chi connectivity index (χ3v) is 4.98. The van der Waals surface area contributed by atoms with E-state index in [-0.39, 0.29) is 4.92 Å². The van der Waals surface area contributed by atoms with Crippen LogP contribution >= 0.6 is 21.6 Å². The van der Waals surface area contributed by atoms with Crippen LogP contribution in [0.5, 0.6) is 0 Å². The summed E-state index contributed by atoms with van der Waals surface area (Å²) in [6, 6.07) is 0. The van der Waals surface area contributed by atoms with Gasteiger partial charge in [0.05, 0.1) is 0 Å². The number of nitro groups is 1. The van der Waals surface area contributed by atoms with Gasteiger partial charge in [-0.2, -0.15) is 0 Å². The van der Waals surface area contributed by atoms with Gasteiger partial charge >= 0.3 is 0 Å². The first-order chi connectivity index (χ1) is 7.44. The van der Waals surface area contributed by atoms with E-state index in [9.17, 15) is 10.1 Å². The van der Waals surface area contributed by atoms with Crippen molar-refractivity contribution < 1.29 is 4.92 Å². The van der Waals surface area contributed by atoms with E-state index in [1.54, 1.807) is 46.7 Å². The van der Waals surface area contributed by atoms with Crippen molar-refractivity contribution in [3.63, 3.8) is 0 Å².